The van der Waals surface area contributed by atoms with E-state index >= 15 is 0 Å². The number of nitrogens with one attached hydrogen (secondary N) is 1. The molecule has 2 aliphatic rings. The lowest BCUT2D eigenvalue weighted by Gasteiger charge is -2.44. The molecule has 0 spiro atoms. The molecule has 1 N–H and O–H groups in total. The third-order valence-corrected chi connectivity index (χ3v) is 6.38. The molecule has 1 aliphatic carbocycles. The van der Waals surface area contributed by atoms with Crippen LogP contribution in [0.25, 0.3) is 0 Å². The van der Waals surface area contributed by atoms with Crippen LogP contribution in [0.2, 0.25) is 5.02 Å². The highest BCUT2D eigenvalue weighted by Crippen LogP contribution is 2.45. The molecule has 2 aromatic rings. The second-order valence-corrected chi connectivity index (χ2v) is 8.46. The Balaban J connectivity index is 1.42. The summed E-state index contributed by atoms with van der Waals surface area (Å²) in [5.74, 6) is -0.261. The van der Waals surface area contributed by atoms with Crippen molar-refractivity contribution < 1.29 is 14.0 Å². The number of urea groups is 1. The predicted molar refractivity (Wildman–Crippen MR) is 115 cm³/mol. The standard InChI is InChI=1S/C23H25ClFN3O2/c24-18-6-2-8-20(16-18)26-22(30)28-12-4-11-27(13-14-28)21(29)23(9-3-10-23)17-5-1-7-19(25)15-17/h1-2,5-8,15-16H,3-4,9-14H2,(H,26,30). The molecule has 2 aromatic carbocycles. The highest BCUT2D eigenvalue weighted by Gasteiger charge is 2.47. The Morgan fingerprint density at radius 1 is 0.933 bits per heavy atom. The summed E-state index contributed by atoms with van der Waals surface area (Å²) in [6.07, 6.45) is 3.15. The Labute approximate surface area is 180 Å². The van der Waals surface area contributed by atoms with Crippen LogP contribution in [-0.2, 0) is 10.2 Å². The van der Waals surface area contributed by atoms with Gasteiger partial charge in [0.25, 0.3) is 0 Å². The number of anilines is 1. The molecule has 1 saturated heterocycles. The van der Waals surface area contributed by atoms with Crippen LogP contribution in [0.4, 0.5) is 14.9 Å². The van der Waals surface area contributed by atoms with Crippen LogP contribution in [-0.4, -0.2) is 47.9 Å². The lowest BCUT2D eigenvalue weighted by molar-refractivity contribution is -0.140. The first-order valence-electron chi connectivity index (χ1n) is 10.3. The van der Waals surface area contributed by atoms with E-state index in [1.165, 1.54) is 12.1 Å². The van der Waals surface area contributed by atoms with Crippen LogP contribution < -0.4 is 5.32 Å². The van der Waals surface area contributed by atoms with E-state index in [0.717, 1.165) is 24.8 Å². The van der Waals surface area contributed by atoms with Crippen molar-refractivity contribution in [3.8, 4) is 0 Å². The highest BCUT2D eigenvalue weighted by atomic mass is 35.5. The van der Waals surface area contributed by atoms with E-state index in [2.05, 4.69) is 5.32 Å². The number of carbonyl (C=O) groups is 2. The van der Waals surface area contributed by atoms with Gasteiger partial charge in [0.2, 0.25) is 5.91 Å². The van der Waals surface area contributed by atoms with Crippen molar-refractivity contribution in [3.63, 3.8) is 0 Å². The fraction of sp³-hybridized carbons (Fsp3) is 0.391. The van der Waals surface area contributed by atoms with Gasteiger partial charge in [-0.15, -0.1) is 0 Å². The van der Waals surface area contributed by atoms with Crippen LogP contribution in [0.3, 0.4) is 0 Å². The van der Waals surface area contributed by atoms with E-state index < -0.39 is 5.41 Å². The first-order chi connectivity index (χ1) is 14.5. The average molecular weight is 430 g/mol. The van der Waals surface area contributed by atoms with Gasteiger partial charge in [-0.05, 0) is 55.2 Å². The van der Waals surface area contributed by atoms with Crippen LogP contribution in [0, 0.1) is 5.82 Å². The molecule has 1 aliphatic heterocycles. The van der Waals surface area contributed by atoms with E-state index in [9.17, 15) is 14.0 Å². The van der Waals surface area contributed by atoms with E-state index in [-0.39, 0.29) is 17.8 Å². The average Bonchev–Trinajstić information content (AvgIpc) is 2.93. The van der Waals surface area contributed by atoms with Crippen LogP contribution in [0.15, 0.2) is 48.5 Å². The maximum absolute atomic E-state index is 13.8. The van der Waals surface area contributed by atoms with Crippen molar-refractivity contribution in [1.82, 2.24) is 9.80 Å². The molecule has 4 rings (SSSR count). The Morgan fingerprint density at radius 3 is 2.37 bits per heavy atom. The minimum absolute atomic E-state index is 0.0523. The lowest BCUT2D eigenvalue weighted by Crippen LogP contribution is -2.52. The van der Waals surface area contributed by atoms with Crippen molar-refractivity contribution in [2.45, 2.75) is 31.1 Å². The normalized spacial score (nSPS) is 18.3. The predicted octanol–water partition coefficient (Wildman–Crippen LogP) is 4.67. The maximum atomic E-state index is 13.8. The third-order valence-electron chi connectivity index (χ3n) is 6.14. The molecule has 0 bridgehead atoms. The molecule has 0 unspecified atom stereocenters. The van der Waals surface area contributed by atoms with Gasteiger partial charge in [0.1, 0.15) is 5.82 Å². The number of hydrogen-bond acceptors (Lipinski definition) is 2. The molecule has 1 saturated carbocycles. The number of halogens is 2. The van der Waals surface area contributed by atoms with Crippen molar-refractivity contribution in [2.24, 2.45) is 0 Å². The van der Waals surface area contributed by atoms with Gasteiger partial charge in [-0.25, -0.2) is 9.18 Å². The SMILES string of the molecule is O=C(Nc1cccc(Cl)c1)N1CCCN(C(=O)C2(c3cccc(F)c3)CCC2)CC1. The molecule has 7 heteroatoms. The zero-order valence-electron chi connectivity index (χ0n) is 16.7. The Hall–Kier alpha value is -2.60. The minimum Gasteiger partial charge on any atom is -0.340 e. The van der Waals surface area contributed by atoms with E-state index in [1.54, 1.807) is 35.2 Å². The van der Waals surface area contributed by atoms with Crippen LogP contribution in [0.1, 0.15) is 31.2 Å². The van der Waals surface area contributed by atoms with E-state index in [0.29, 0.717) is 43.3 Å². The molecule has 158 valence electrons. The van der Waals surface area contributed by atoms with Crippen molar-refractivity contribution >= 4 is 29.2 Å². The Bertz CT molecular complexity index is 948. The molecule has 0 aromatic heterocycles. The molecule has 2 fully saturated rings. The number of nitrogens with zero attached hydrogens (tertiary/aromatic N) is 2. The first-order valence-corrected chi connectivity index (χ1v) is 10.7. The largest absolute Gasteiger partial charge is 0.340 e. The smallest absolute Gasteiger partial charge is 0.321 e. The van der Waals surface area contributed by atoms with Gasteiger partial charge in [0, 0.05) is 36.9 Å². The second-order valence-electron chi connectivity index (χ2n) is 8.02. The molecular formula is C23H25ClFN3O2. The third kappa shape index (κ3) is 4.15. The summed E-state index contributed by atoms with van der Waals surface area (Å²) < 4.78 is 13.8. The summed E-state index contributed by atoms with van der Waals surface area (Å²) in [4.78, 5) is 29.7. The quantitative estimate of drug-likeness (QED) is 0.771. The van der Waals surface area contributed by atoms with Gasteiger partial charge < -0.3 is 15.1 Å². The number of rotatable bonds is 3. The van der Waals surface area contributed by atoms with Gasteiger partial charge in [0.05, 0.1) is 5.41 Å². The van der Waals surface area contributed by atoms with Gasteiger partial charge in [-0.3, -0.25) is 4.79 Å². The summed E-state index contributed by atoms with van der Waals surface area (Å²) in [6.45, 7) is 2.09. The zero-order valence-corrected chi connectivity index (χ0v) is 17.5. The highest BCUT2D eigenvalue weighted by molar-refractivity contribution is 6.30. The number of amides is 3. The number of hydrogen-bond donors (Lipinski definition) is 1. The first kappa shape index (κ1) is 20.7. The van der Waals surface area contributed by atoms with Gasteiger partial charge in [0.15, 0.2) is 0 Å². The molecule has 0 radical (unpaired) electrons. The molecule has 0 atom stereocenters. The van der Waals surface area contributed by atoms with Crippen molar-refractivity contribution in [1.29, 1.82) is 0 Å². The van der Waals surface area contributed by atoms with Crippen molar-refractivity contribution in [2.75, 3.05) is 31.5 Å². The van der Waals surface area contributed by atoms with Crippen molar-refractivity contribution in [3.05, 3.63) is 64.9 Å². The fourth-order valence-corrected chi connectivity index (χ4v) is 4.53. The Kier molecular flexibility index (Phi) is 5.95. The summed E-state index contributed by atoms with van der Waals surface area (Å²) >= 11 is 5.98. The number of carbonyl (C=O) groups excluding carboxylic acids is 2. The van der Waals surface area contributed by atoms with E-state index in [1.807, 2.05) is 11.0 Å². The molecule has 5 nitrogen and oxygen atoms in total. The lowest BCUT2D eigenvalue weighted by atomic mass is 9.63. The van der Waals surface area contributed by atoms with Gasteiger partial charge in [-0.1, -0.05) is 36.2 Å². The Morgan fingerprint density at radius 2 is 1.67 bits per heavy atom. The fourth-order valence-electron chi connectivity index (χ4n) is 4.34. The summed E-state index contributed by atoms with van der Waals surface area (Å²) in [5.41, 5.74) is 0.781. The summed E-state index contributed by atoms with van der Waals surface area (Å²) in [7, 11) is 0. The number of benzene rings is 2. The topological polar surface area (TPSA) is 52.7 Å². The molecule has 3 amide bonds. The van der Waals surface area contributed by atoms with Gasteiger partial charge >= 0.3 is 6.03 Å². The van der Waals surface area contributed by atoms with Gasteiger partial charge in [-0.2, -0.15) is 0 Å². The summed E-state index contributed by atoms with van der Waals surface area (Å²) in [6, 6.07) is 13.2. The molecular weight excluding hydrogens is 405 g/mol. The molecule has 30 heavy (non-hydrogen) atoms. The maximum Gasteiger partial charge on any atom is 0.321 e. The van der Waals surface area contributed by atoms with E-state index in [4.69, 9.17) is 11.6 Å². The second kappa shape index (κ2) is 8.64. The van der Waals surface area contributed by atoms with Crippen LogP contribution in [0.5, 0.6) is 0 Å². The summed E-state index contributed by atoms with van der Waals surface area (Å²) in [5, 5.41) is 3.43. The van der Waals surface area contributed by atoms with Crippen LogP contribution >= 0.6 is 11.6 Å². The molecule has 1 heterocycles. The zero-order chi connectivity index (χ0) is 21.1. The minimum atomic E-state index is -0.625. The monoisotopic (exact) mass is 429 g/mol.